The summed E-state index contributed by atoms with van der Waals surface area (Å²) in [6.07, 6.45) is 0.578. The van der Waals surface area contributed by atoms with E-state index in [0.29, 0.717) is 17.2 Å². The third-order valence-electron chi connectivity index (χ3n) is 1.76. The normalized spacial score (nSPS) is 11.6. The molecule has 0 atom stereocenters. The predicted molar refractivity (Wildman–Crippen MR) is 57.0 cm³/mol. The fourth-order valence-electron chi connectivity index (χ4n) is 1.00. The van der Waals surface area contributed by atoms with Gasteiger partial charge in [0.1, 0.15) is 5.75 Å². The van der Waals surface area contributed by atoms with Crippen LogP contribution in [0.25, 0.3) is 0 Å². The van der Waals surface area contributed by atoms with E-state index in [9.17, 15) is 13.2 Å². The standard InChI is InChI=1S/C10H10O5S/c1-15-8-3-2-4-9(7-8)16(13,14)6-5-10(11)12/h2-7H,1H3,(H,11,12)/b6-5+. The summed E-state index contributed by atoms with van der Waals surface area (Å²) in [5.74, 6) is -0.920. The highest BCUT2D eigenvalue weighted by Gasteiger charge is 2.11. The fraction of sp³-hybridized carbons (Fsp3) is 0.100. The molecule has 0 heterocycles. The van der Waals surface area contributed by atoms with Gasteiger partial charge in [-0.2, -0.15) is 0 Å². The molecule has 1 aromatic carbocycles. The second-order valence-electron chi connectivity index (χ2n) is 2.86. The Bertz CT molecular complexity index is 516. The molecule has 86 valence electrons. The highest BCUT2D eigenvalue weighted by atomic mass is 32.2. The van der Waals surface area contributed by atoms with E-state index in [1.54, 1.807) is 6.07 Å². The van der Waals surface area contributed by atoms with Crippen LogP contribution in [0.3, 0.4) is 0 Å². The second kappa shape index (κ2) is 4.80. The first-order valence-corrected chi connectivity index (χ1v) is 5.80. The highest BCUT2D eigenvalue weighted by Crippen LogP contribution is 2.18. The summed E-state index contributed by atoms with van der Waals surface area (Å²) >= 11 is 0. The molecule has 0 bridgehead atoms. The van der Waals surface area contributed by atoms with Crippen LogP contribution in [-0.4, -0.2) is 26.6 Å². The molecule has 0 saturated carbocycles. The van der Waals surface area contributed by atoms with Gasteiger partial charge in [0.25, 0.3) is 0 Å². The second-order valence-corrected chi connectivity index (χ2v) is 4.70. The van der Waals surface area contributed by atoms with Crippen molar-refractivity contribution in [2.75, 3.05) is 7.11 Å². The number of sulfone groups is 1. The van der Waals surface area contributed by atoms with Crippen molar-refractivity contribution in [1.82, 2.24) is 0 Å². The number of benzene rings is 1. The van der Waals surface area contributed by atoms with Crippen LogP contribution in [0.4, 0.5) is 0 Å². The minimum absolute atomic E-state index is 0.00986. The number of aliphatic carboxylic acids is 1. The van der Waals surface area contributed by atoms with Gasteiger partial charge in [-0.05, 0) is 18.2 Å². The van der Waals surface area contributed by atoms with E-state index in [4.69, 9.17) is 9.84 Å². The molecule has 1 N–H and O–H groups in total. The van der Waals surface area contributed by atoms with Gasteiger partial charge in [0.2, 0.25) is 0 Å². The molecule has 1 aromatic rings. The Balaban J connectivity index is 3.12. The van der Waals surface area contributed by atoms with Crippen LogP contribution >= 0.6 is 0 Å². The molecule has 0 aliphatic heterocycles. The van der Waals surface area contributed by atoms with E-state index in [2.05, 4.69) is 0 Å². The van der Waals surface area contributed by atoms with Crippen molar-refractivity contribution in [3.63, 3.8) is 0 Å². The molecule has 0 fully saturated rings. The average Bonchev–Trinajstić information content (AvgIpc) is 2.27. The maximum atomic E-state index is 11.6. The zero-order valence-electron chi connectivity index (χ0n) is 8.45. The molecule has 0 spiro atoms. The molecule has 0 unspecified atom stereocenters. The molecular weight excluding hydrogens is 232 g/mol. The van der Waals surface area contributed by atoms with Gasteiger partial charge >= 0.3 is 5.97 Å². The molecule has 0 aromatic heterocycles. The molecule has 16 heavy (non-hydrogen) atoms. The molecule has 0 saturated heterocycles. The third-order valence-corrected chi connectivity index (χ3v) is 3.16. The van der Waals surface area contributed by atoms with Gasteiger partial charge in [0.05, 0.1) is 12.0 Å². The quantitative estimate of drug-likeness (QED) is 0.799. The lowest BCUT2D eigenvalue weighted by Crippen LogP contribution is -1.98. The van der Waals surface area contributed by atoms with Gasteiger partial charge < -0.3 is 9.84 Å². The predicted octanol–water partition coefficient (Wildman–Crippen LogP) is 1.07. The summed E-state index contributed by atoms with van der Waals surface area (Å²) in [5.41, 5.74) is 0. The lowest BCUT2D eigenvalue weighted by Gasteiger charge is -2.02. The lowest BCUT2D eigenvalue weighted by atomic mass is 10.3. The smallest absolute Gasteiger partial charge is 0.329 e. The van der Waals surface area contributed by atoms with E-state index in [1.165, 1.54) is 25.3 Å². The molecule has 0 amide bonds. The molecule has 6 heteroatoms. The van der Waals surface area contributed by atoms with E-state index >= 15 is 0 Å². The maximum absolute atomic E-state index is 11.6. The summed E-state index contributed by atoms with van der Waals surface area (Å²) < 4.78 is 28.1. The molecule has 0 aliphatic carbocycles. The first kappa shape index (κ1) is 12.3. The summed E-state index contributed by atoms with van der Waals surface area (Å²) in [7, 11) is -2.31. The van der Waals surface area contributed by atoms with Gasteiger partial charge in [0.15, 0.2) is 9.84 Å². The van der Waals surface area contributed by atoms with Crippen LogP contribution in [0.1, 0.15) is 0 Å². The van der Waals surface area contributed by atoms with Gasteiger partial charge in [-0.15, -0.1) is 0 Å². The Morgan fingerprint density at radius 1 is 1.44 bits per heavy atom. The summed E-state index contributed by atoms with van der Waals surface area (Å²) in [5, 5.41) is 8.99. The Labute approximate surface area is 92.9 Å². The Morgan fingerprint density at radius 3 is 2.69 bits per heavy atom. The maximum Gasteiger partial charge on any atom is 0.329 e. The van der Waals surface area contributed by atoms with Crippen molar-refractivity contribution >= 4 is 15.8 Å². The first-order valence-electron chi connectivity index (χ1n) is 4.26. The van der Waals surface area contributed by atoms with Crippen LogP contribution in [-0.2, 0) is 14.6 Å². The Hall–Kier alpha value is -1.82. The number of hydrogen-bond donors (Lipinski definition) is 1. The zero-order chi connectivity index (χ0) is 12.2. The monoisotopic (exact) mass is 242 g/mol. The number of carbonyl (C=O) groups is 1. The van der Waals surface area contributed by atoms with Gasteiger partial charge in [-0.25, -0.2) is 13.2 Å². The number of rotatable bonds is 4. The van der Waals surface area contributed by atoms with Crippen molar-refractivity contribution in [3.8, 4) is 5.75 Å². The summed E-state index contributed by atoms with van der Waals surface area (Å²) in [6, 6.07) is 5.80. The van der Waals surface area contributed by atoms with Crippen molar-refractivity contribution in [2.45, 2.75) is 4.90 Å². The van der Waals surface area contributed by atoms with E-state index in [1.807, 2.05) is 0 Å². The van der Waals surface area contributed by atoms with Crippen molar-refractivity contribution < 1.29 is 23.1 Å². The summed E-state index contributed by atoms with van der Waals surface area (Å²) in [6.45, 7) is 0. The largest absolute Gasteiger partial charge is 0.497 e. The lowest BCUT2D eigenvalue weighted by molar-refractivity contribution is -0.131. The molecule has 0 aliphatic rings. The van der Waals surface area contributed by atoms with Gasteiger partial charge in [-0.3, -0.25) is 0 Å². The molecule has 5 nitrogen and oxygen atoms in total. The van der Waals surface area contributed by atoms with Crippen molar-refractivity contribution in [2.24, 2.45) is 0 Å². The topological polar surface area (TPSA) is 80.7 Å². The minimum atomic E-state index is -3.73. The van der Waals surface area contributed by atoms with Gasteiger partial charge in [0, 0.05) is 11.5 Å². The number of methoxy groups -OCH3 is 1. The third kappa shape index (κ3) is 3.09. The molecule has 1 rings (SSSR count). The zero-order valence-corrected chi connectivity index (χ0v) is 9.27. The van der Waals surface area contributed by atoms with Crippen LogP contribution in [0, 0.1) is 0 Å². The summed E-state index contributed by atoms with van der Waals surface area (Å²) in [4.78, 5) is 10.2. The van der Waals surface area contributed by atoms with E-state index < -0.39 is 15.8 Å². The minimum Gasteiger partial charge on any atom is -0.497 e. The average molecular weight is 242 g/mol. The van der Waals surface area contributed by atoms with Crippen molar-refractivity contribution in [3.05, 3.63) is 35.7 Å². The number of carboxylic acids is 1. The Morgan fingerprint density at radius 2 is 2.12 bits per heavy atom. The highest BCUT2D eigenvalue weighted by molar-refractivity contribution is 7.94. The SMILES string of the molecule is COc1cccc(S(=O)(=O)/C=C/C(=O)O)c1. The van der Waals surface area contributed by atoms with Crippen LogP contribution in [0.5, 0.6) is 5.75 Å². The van der Waals surface area contributed by atoms with Crippen molar-refractivity contribution in [1.29, 1.82) is 0 Å². The van der Waals surface area contributed by atoms with Crippen LogP contribution < -0.4 is 4.74 Å². The first-order chi connectivity index (χ1) is 7.45. The fourth-order valence-corrected chi connectivity index (χ4v) is 2.01. The van der Waals surface area contributed by atoms with Gasteiger partial charge in [-0.1, -0.05) is 6.07 Å². The Kier molecular flexibility index (Phi) is 3.68. The number of ether oxygens (including phenoxy) is 1. The van der Waals surface area contributed by atoms with E-state index in [-0.39, 0.29) is 4.90 Å². The number of hydrogen-bond acceptors (Lipinski definition) is 4. The number of carboxylic acid groups (broad SMARTS) is 1. The van der Waals surface area contributed by atoms with E-state index in [0.717, 1.165) is 0 Å². The van der Waals surface area contributed by atoms with Crippen LogP contribution in [0.15, 0.2) is 40.6 Å². The molecular formula is C10H10O5S. The molecule has 0 radical (unpaired) electrons. The van der Waals surface area contributed by atoms with Crippen LogP contribution in [0.2, 0.25) is 0 Å².